The van der Waals surface area contributed by atoms with Gasteiger partial charge in [-0.15, -0.1) is 0 Å². The molecule has 3 nitrogen and oxygen atoms in total. The van der Waals surface area contributed by atoms with Gasteiger partial charge in [-0.25, -0.2) is 9.97 Å². The first-order valence-electron chi connectivity index (χ1n) is 19.1. The summed E-state index contributed by atoms with van der Waals surface area (Å²) in [6, 6.07) is 37.2. The Bertz CT molecular complexity index is 2100. The lowest BCUT2D eigenvalue weighted by Gasteiger charge is -2.41. The Morgan fingerprint density at radius 1 is 0.765 bits per heavy atom. The molecule has 4 aromatic carbocycles. The molecule has 1 saturated carbocycles. The third kappa shape index (κ3) is 6.45. The highest BCUT2D eigenvalue weighted by Gasteiger charge is 2.50. The van der Waals surface area contributed by atoms with E-state index in [1.807, 2.05) is 18.2 Å². The molecule has 0 amide bonds. The van der Waals surface area contributed by atoms with E-state index in [-0.39, 0.29) is 17.9 Å². The Kier molecular flexibility index (Phi) is 9.65. The van der Waals surface area contributed by atoms with E-state index in [1.165, 1.54) is 54.4 Å². The molecule has 2 unspecified atom stereocenters. The summed E-state index contributed by atoms with van der Waals surface area (Å²) in [5.41, 5.74) is 13.7. The van der Waals surface area contributed by atoms with Crippen LogP contribution in [-0.4, -0.2) is 21.7 Å². The molecule has 8 rings (SSSR count). The number of allylic oxidation sites excluding steroid dienone is 6. The smallest absolute Gasteiger partial charge is 0.160 e. The lowest BCUT2D eigenvalue weighted by molar-refractivity contribution is 0.241. The highest BCUT2D eigenvalue weighted by atomic mass is 16.3. The van der Waals surface area contributed by atoms with Crippen LogP contribution in [-0.2, 0) is 5.41 Å². The average Bonchev–Trinajstić information content (AvgIpc) is 3.47. The van der Waals surface area contributed by atoms with Gasteiger partial charge < -0.3 is 5.11 Å². The van der Waals surface area contributed by atoms with Crippen molar-refractivity contribution in [3.8, 4) is 44.9 Å². The SMILES string of the molecule is C/C=C\CCCC(CO)c1cc(-c2ccccc2)nc(-c2cccc(-c3cccc(-c4cccc5c4C4(CCCCC4)C4CC=CC=C54)c3)c2)n1. The summed E-state index contributed by atoms with van der Waals surface area (Å²) in [4.78, 5) is 10.2. The van der Waals surface area contributed by atoms with E-state index in [4.69, 9.17) is 9.97 Å². The monoisotopic (exact) mass is 668 g/mol. The van der Waals surface area contributed by atoms with E-state index in [0.29, 0.717) is 11.7 Å². The van der Waals surface area contributed by atoms with Gasteiger partial charge in [0.25, 0.3) is 0 Å². The van der Waals surface area contributed by atoms with Crippen LogP contribution in [0.25, 0.3) is 50.5 Å². The summed E-state index contributed by atoms with van der Waals surface area (Å²) in [7, 11) is 0. The van der Waals surface area contributed by atoms with Crippen molar-refractivity contribution in [3.63, 3.8) is 0 Å². The maximum atomic E-state index is 10.5. The summed E-state index contributed by atoms with van der Waals surface area (Å²) < 4.78 is 0. The molecule has 3 aliphatic rings. The molecular weight excluding hydrogens is 621 g/mol. The van der Waals surface area contributed by atoms with E-state index in [2.05, 4.69) is 122 Å². The average molecular weight is 669 g/mol. The molecule has 5 aromatic rings. The molecule has 0 saturated heterocycles. The maximum absolute atomic E-state index is 10.5. The van der Waals surface area contributed by atoms with Crippen LogP contribution < -0.4 is 0 Å². The van der Waals surface area contributed by atoms with E-state index < -0.39 is 0 Å². The molecule has 0 aliphatic heterocycles. The number of aromatic nitrogens is 2. The molecule has 1 aromatic heterocycles. The minimum Gasteiger partial charge on any atom is -0.396 e. The first-order chi connectivity index (χ1) is 25.2. The summed E-state index contributed by atoms with van der Waals surface area (Å²) in [5, 5.41) is 10.5. The van der Waals surface area contributed by atoms with Crippen LogP contribution in [0.1, 0.15) is 87.4 Å². The van der Waals surface area contributed by atoms with E-state index >= 15 is 0 Å². The number of aliphatic hydroxyl groups excluding tert-OH is 1. The topological polar surface area (TPSA) is 46.0 Å². The molecule has 1 heterocycles. The Hall–Kier alpha value is -4.86. The number of rotatable bonds is 10. The van der Waals surface area contributed by atoms with Crippen LogP contribution >= 0.6 is 0 Å². The fraction of sp³-hybridized carbons (Fsp3) is 0.292. The molecule has 1 spiro atoms. The van der Waals surface area contributed by atoms with E-state index in [0.717, 1.165) is 53.8 Å². The van der Waals surface area contributed by atoms with Gasteiger partial charge in [-0.05, 0) is 109 Å². The van der Waals surface area contributed by atoms with Gasteiger partial charge in [-0.3, -0.25) is 0 Å². The van der Waals surface area contributed by atoms with Gasteiger partial charge >= 0.3 is 0 Å². The molecule has 1 N–H and O–H groups in total. The Labute approximate surface area is 303 Å². The van der Waals surface area contributed by atoms with Crippen LogP contribution in [0.2, 0.25) is 0 Å². The van der Waals surface area contributed by atoms with Gasteiger partial charge in [0.1, 0.15) is 0 Å². The Morgan fingerprint density at radius 2 is 1.47 bits per heavy atom. The zero-order valence-corrected chi connectivity index (χ0v) is 29.8. The third-order valence-electron chi connectivity index (χ3n) is 11.7. The second-order valence-electron chi connectivity index (χ2n) is 14.7. The predicted octanol–water partition coefficient (Wildman–Crippen LogP) is 12.1. The zero-order chi connectivity index (χ0) is 34.6. The summed E-state index contributed by atoms with van der Waals surface area (Å²) in [5.74, 6) is 1.24. The number of benzene rings is 4. The van der Waals surface area contributed by atoms with Crippen LogP contribution in [0.3, 0.4) is 0 Å². The summed E-state index contributed by atoms with van der Waals surface area (Å²) in [6.07, 6.45) is 21.9. The van der Waals surface area contributed by atoms with Crippen molar-refractivity contribution in [2.24, 2.45) is 5.92 Å². The zero-order valence-electron chi connectivity index (χ0n) is 29.8. The quantitative estimate of drug-likeness (QED) is 0.119. The van der Waals surface area contributed by atoms with Crippen LogP contribution in [0, 0.1) is 5.92 Å². The van der Waals surface area contributed by atoms with Crippen molar-refractivity contribution < 1.29 is 5.11 Å². The van der Waals surface area contributed by atoms with E-state index in [9.17, 15) is 5.11 Å². The fourth-order valence-electron chi connectivity index (χ4n) is 9.20. The highest BCUT2D eigenvalue weighted by Crippen LogP contribution is 2.61. The molecule has 3 aliphatic carbocycles. The number of nitrogens with zero attached hydrogens (tertiary/aromatic N) is 2. The first kappa shape index (κ1) is 33.3. The summed E-state index contributed by atoms with van der Waals surface area (Å²) in [6.45, 7) is 2.12. The molecule has 1 fully saturated rings. The second-order valence-corrected chi connectivity index (χ2v) is 14.7. The predicted molar refractivity (Wildman–Crippen MR) is 212 cm³/mol. The Morgan fingerprint density at radius 3 is 2.25 bits per heavy atom. The van der Waals surface area contributed by atoms with Crippen molar-refractivity contribution in [2.75, 3.05) is 6.61 Å². The van der Waals surface area contributed by atoms with Crippen LogP contribution in [0.5, 0.6) is 0 Å². The lowest BCUT2D eigenvalue weighted by atomic mass is 9.62. The second kappa shape index (κ2) is 14.8. The van der Waals surface area contributed by atoms with Gasteiger partial charge in [0, 0.05) is 22.5 Å². The van der Waals surface area contributed by atoms with E-state index in [1.54, 1.807) is 11.1 Å². The van der Waals surface area contributed by atoms with Gasteiger partial charge in [-0.2, -0.15) is 0 Å². The van der Waals surface area contributed by atoms with Crippen LogP contribution in [0.4, 0.5) is 0 Å². The number of aliphatic hydroxyl groups is 1. The van der Waals surface area contributed by atoms with Crippen molar-refractivity contribution in [1.82, 2.24) is 9.97 Å². The minimum atomic E-state index is -0.0465. The maximum Gasteiger partial charge on any atom is 0.160 e. The summed E-state index contributed by atoms with van der Waals surface area (Å²) >= 11 is 0. The van der Waals surface area contributed by atoms with Crippen molar-refractivity contribution in [1.29, 1.82) is 0 Å². The number of fused-ring (bicyclic) bond motifs is 5. The van der Waals surface area contributed by atoms with Crippen LogP contribution in [0.15, 0.2) is 134 Å². The Balaban J connectivity index is 1.18. The normalized spacial score (nSPS) is 18.1. The van der Waals surface area contributed by atoms with Crippen molar-refractivity contribution >= 4 is 5.57 Å². The van der Waals surface area contributed by atoms with Gasteiger partial charge in [-0.1, -0.05) is 135 Å². The largest absolute Gasteiger partial charge is 0.396 e. The third-order valence-corrected chi connectivity index (χ3v) is 11.7. The molecule has 0 radical (unpaired) electrons. The standard InChI is InChI=1S/C48H48N2O/c1-2-3-4-7-19-39(33-51)45-32-44(34-17-8-5-9-18-34)49-47(50-45)38-23-15-21-36(31-38)35-20-14-22-37(30-35)40-25-16-26-42-41-24-10-11-27-43(41)48(46(40)42)28-12-6-13-29-48/h2-3,5,8-11,14-18,20-26,30-32,39,43,51H,4,6-7,12-13,19,27-29,33H2,1H3/b3-2-. The number of hydrogen-bond donors (Lipinski definition) is 1. The molecule has 0 bridgehead atoms. The molecular formula is C48H48N2O. The van der Waals surface area contributed by atoms with Gasteiger partial charge in [0.15, 0.2) is 5.82 Å². The minimum absolute atomic E-state index is 0.0465. The lowest BCUT2D eigenvalue weighted by Crippen LogP contribution is -2.34. The molecule has 2 atom stereocenters. The number of hydrogen-bond acceptors (Lipinski definition) is 3. The van der Waals surface area contributed by atoms with Gasteiger partial charge in [0.2, 0.25) is 0 Å². The van der Waals surface area contributed by atoms with Gasteiger partial charge in [0.05, 0.1) is 18.0 Å². The number of unbranched alkanes of at least 4 members (excludes halogenated alkanes) is 1. The van der Waals surface area contributed by atoms with Crippen molar-refractivity contribution in [2.45, 2.75) is 76.0 Å². The first-order valence-corrected chi connectivity index (χ1v) is 19.1. The molecule has 3 heteroatoms. The molecule has 51 heavy (non-hydrogen) atoms. The fourth-order valence-corrected chi connectivity index (χ4v) is 9.20. The highest BCUT2D eigenvalue weighted by molar-refractivity contribution is 5.87. The molecule has 256 valence electrons. The van der Waals surface area contributed by atoms with Crippen molar-refractivity contribution in [3.05, 3.63) is 150 Å².